The van der Waals surface area contributed by atoms with Gasteiger partial charge in [-0.3, -0.25) is 4.79 Å². The Morgan fingerprint density at radius 2 is 2.00 bits per heavy atom. The van der Waals surface area contributed by atoms with E-state index in [9.17, 15) is 14.0 Å². The Bertz CT molecular complexity index is 983. The average Bonchev–Trinajstić information content (AvgIpc) is 3.06. The molecule has 0 saturated heterocycles. The normalized spacial score (nSPS) is 10.6. The van der Waals surface area contributed by atoms with Gasteiger partial charge in [0.25, 0.3) is 5.91 Å². The summed E-state index contributed by atoms with van der Waals surface area (Å²) >= 11 is 1.12. The van der Waals surface area contributed by atoms with Gasteiger partial charge in [-0.05, 0) is 42.8 Å². The van der Waals surface area contributed by atoms with E-state index < -0.39 is 24.3 Å². The van der Waals surface area contributed by atoms with Gasteiger partial charge < -0.3 is 14.8 Å². The molecule has 0 aliphatic rings. The number of carbonyl (C=O) groups excluding carboxylic acids is 2. The summed E-state index contributed by atoms with van der Waals surface area (Å²) in [6.45, 7) is 1.43. The molecule has 7 heteroatoms. The number of fused-ring (bicyclic) bond motifs is 1. The van der Waals surface area contributed by atoms with Gasteiger partial charge in [0.05, 0.1) is 12.8 Å². The van der Waals surface area contributed by atoms with Crippen molar-refractivity contribution < 1.29 is 23.5 Å². The molecule has 26 heavy (non-hydrogen) atoms. The molecule has 3 rings (SSSR count). The van der Waals surface area contributed by atoms with Crippen molar-refractivity contribution in [3.8, 4) is 5.75 Å². The topological polar surface area (TPSA) is 64.6 Å². The molecule has 0 aliphatic heterocycles. The Kier molecular flexibility index (Phi) is 5.18. The van der Waals surface area contributed by atoms with Crippen LogP contribution in [0.25, 0.3) is 10.1 Å². The molecule has 1 amide bonds. The van der Waals surface area contributed by atoms with Crippen LogP contribution in [0, 0.1) is 12.7 Å². The maximum Gasteiger partial charge on any atom is 0.348 e. The molecule has 0 unspecified atom stereocenters. The van der Waals surface area contributed by atoms with Gasteiger partial charge in [-0.25, -0.2) is 9.18 Å². The number of esters is 1. The number of carbonyl (C=O) groups is 2. The predicted octanol–water partition coefficient (Wildman–Crippen LogP) is 4.15. The highest BCUT2D eigenvalue weighted by Crippen LogP contribution is 2.28. The van der Waals surface area contributed by atoms with E-state index in [4.69, 9.17) is 9.47 Å². The SMILES string of the molecule is COc1ccc(C)cc1NC(=O)COC(=O)c1cc2c(F)cccc2s1. The molecule has 2 aromatic carbocycles. The second-order valence-corrected chi connectivity index (χ2v) is 6.67. The quantitative estimate of drug-likeness (QED) is 0.683. The fourth-order valence-corrected chi connectivity index (χ4v) is 3.40. The van der Waals surface area contributed by atoms with Gasteiger partial charge in [-0.1, -0.05) is 12.1 Å². The number of anilines is 1. The second kappa shape index (κ2) is 7.53. The lowest BCUT2D eigenvalue weighted by Crippen LogP contribution is -2.21. The number of thiophene rings is 1. The standard InChI is InChI=1S/C19H16FNO4S/c1-11-6-7-15(24-2)14(8-11)21-18(22)10-25-19(23)17-9-12-13(20)4-3-5-16(12)26-17/h3-9H,10H2,1-2H3,(H,21,22). The number of hydrogen-bond donors (Lipinski definition) is 1. The molecule has 5 nitrogen and oxygen atoms in total. The summed E-state index contributed by atoms with van der Waals surface area (Å²) in [4.78, 5) is 24.4. The van der Waals surface area contributed by atoms with Crippen molar-refractivity contribution in [3.05, 3.63) is 58.7 Å². The summed E-state index contributed by atoms with van der Waals surface area (Å²) in [5.41, 5.74) is 1.45. The first-order chi connectivity index (χ1) is 12.5. The van der Waals surface area contributed by atoms with Crippen molar-refractivity contribution in [2.45, 2.75) is 6.92 Å². The van der Waals surface area contributed by atoms with Crippen LogP contribution < -0.4 is 10.1 Å². The van der Waals surface area contributed by atoms with E-state index in [0.717, 1.165) is 16.9 Å². The number of rotatable bonds is 5. The van der Waals surface area contributed by atoms with Gasteiger partial charge in [-0.15, -0.1) is 11.3 Å². The van der Waals surface area contributed by atoms with Crippen LogP contribution in [0.15, 0.2) is 42.5 Å². The maximum atomic E-state index is 13.7. The molecule has 0 radical (unpaired) electrons. The number of amides is 1. The highest BCUT2D eigenvalue weighted by Gasteiger charge is 2.16. The van der Waals surface area contributed by atoms with Gasteiger partial charge in [0.2, 0.25) is 0 Å². The summed E-state index contributed by atoms with van der Waals surface area (Å²) in [5.74, 6) is -1.05. The van der Waals surface area contributed by atoms with Crippen molar-refractivity contribution >= 4 is 39.0 Å². The van der Waals surface area contributed by atoms with Crippen molar-refractivity contribution in [1.82, 2.24) is 0 Å². The molecular weight excluding hydrogens is 357 g/mol. The van der Waals surface area contributed by atoms with Crippen molar-refractivity contribution in [2.24, 2.45) is 0 Å². The van der Waals surface area contributed by atoms with Gasteiger partial charge in [0.1, 0.15) is 16.4 Å². The van der Waals surface area contributed by atoms with Crippen molar-refractivity contribution in [3.63, 3.8) is 0 Å². The van der Waals surface area contributed by atoms with E-state index in [1.165, 1.54) is 19.2 Å². The lowest BCUT2D eigenvalue weighted by molar-refractivity contribution is -0.119. The van der Waals surface area contributed by atoms with Gasteiger partial charge in [-0.2, -0.15) is 0 Å². The van der Waals surface area contributed by atoms with E-state index in [-0.39, 0.29) is 4.88 Å². The minimum atomic E-state index is -0.669. The lowest BCUT2D eigenvalue weighted by Gasteiger charge is -2.11. The summed E-state index contributed by atoms with van der Waals surface area (Å²) < 4.78 is 24.6. The van der Waals surface area contributed by atoms with E-state index >= 15 is 0 Å². The molecule has 3 aromatic rings. The third-order valence-electron chi connectivity index (χ3n) is 3.67. The zero-order valence-electron chi connectivity index (χ0n) is 14.2. The van der Waals surface area contributed by atoms with Gasteiger partial charge in [0.15, 0.2) is 6.61 Å². The van der Waals surface area contributed by atoms with E-state index in [1.54, 1.807) is 24.3 Å². The van der Waals surface area contributed by atoms with E-state index in [0.29, 0.717) is 21.5 Å². The van der Waals surface area contributed by atoms with Crippen LogP contribution in [0.4, 0.5) is 10.1 Å². The molecule has 0 bridgehead atoms. The molecule has 1 aromatic heterocycles. The number of methoxy groups -OCH3 is 1. The summed E-state index contributed by atoms with van der Waals surface area (Å²) in [6.07, 6.45) is 0. The van der Waals surface area contributed by atoms with E-state index in [2.05, 4.69) is 5.32 Å². The number of halogens is 1. The Balaban J connectivity index is 1.64. The van der Waals surface area contributed by atoms with Crippen LogP contribution in [0.5, 0.6) is 5.75 Å². The second-order valence-electron chi connectivity index (χ2n) is 5.59. The first-order valence-electron chi connectivity index (χ1n) is 7.77. The van der Waals surface area contributed by atoms with E-state index in [1.807, 2.05) is 13.0 Å². The Morgan fingerprint density at radius 3 is 2.73 bits per heavy atom. The van der Waals surface area contributed by atoms with Crippen LogP contribution in [0.2, 0.25) is 0 Å². The molecule has 0 aliphatic carbocycles. The third-order valence-corrected chi connectivity index (χ3v) is 4.75. The first kappa shape index (κ1) is 17.9. The zero-order valence-corrected chi connectivity index (χ0v) is 15.0. The molecular formula is C19H16FNO4S. The number of hydrogen-bond acceptors (Lipinski definition) is 5. The summed E-state index contributed by atoms with van der Waals surface area (Å²) in [7, 11) is 1.50. The average molecular weight is 373 g/mol. The number of nitrogens with one attached hydrogen (secondary N) is 1. The van der Waals surface area contributed by atoms with Crippen molar-refractivity contribution in [1.29, 1.82) is 0 Å². The summed E-state index contributed by atoms with van der Waals surface area (Å²) in [5, 5.41) is 3.01. The maximum absolute atomic E-state index is 13.7. The van der Waals surface area contributed by atoms with Gasteiger partial charge in [0, 0.05) is 10.1 Å². The summed E-state index contributed by atoms with van der Waals surface area (Å²) in [6, 6.07) is 11.4. The Labute approximate surface area is 153 Å². The molecule has 1 heterocycles. The van der Waals surface area contributed by atoms with Crippen LogP contribution in [-0.2, 0) is 9.53 Å². The molecule has 134 valence electrons. The van der Waals surface area contributed by atoms with Crippen molar-refractivity contribution in [2.75, 3.05) is 19.0 Å². The predicted molar refractivity (Wildman–Crippen MR) is 98.4 cm³/mol. The van der Waals surface area contributed by atoms with Gasteiger partial charge >= 0.3 is 5.97 Å². The number of ether oxygens (including phenoxy) is 2. The molecule has 1 N–H and O–H groups in total. The molecule has 0 fully saturated rings. The highest BCUT2D eigenvalue weighted by atomic mass is 32.1. The lowest BCUT2D eigenvalue weighted by atomic mass is 10.2. The monoisotopic (exact) mass is 373 g/mol. The minimum Gasteiger partial charge on any atom is -0.495 e. The third kappa shape index (κ3) is 3.83. The van der Waals surface area contributed by atoms with Crippen LogP contribution >= 0.6 is 11.3 Å². The van der Waals surface area contributed by atoms with Crippen LogP contribution in [0.3, 0.4) is 0 Å². The number of benzene rings is 2. The van der Waals surface area contributed by atoms with Crippen LogP contribution in [0.1, 0.15) is 15.2 Å². The molecule has 0 atom stereocenters. The largest absolute Gasteiger partial charge is 0.495 e. The zero-order chi connectivity index (χ0) is 18.7. The first-order valence-corrected chi connectivity index (χ1v) is 8.59. The fourth-order valence-electron chi connectivity index (χ4n) is 2.43. The number of aryl methyl sites for hydroxylation is 1. The smallest absolute Gasteiger partial charge is 0.348 e. The Morgan fingerprint density at radius 1 is 1.19 bits per heavy atom. The highest BCUT2D eigenvalue weighted by molar-refractivity contribution is 7.20. The fraction of sp³-hybridized carbons (Fsp3) is 0.158. The Hall–Kier alpha value is -2.93. The van der Waals surface area contributed by atoms with Crippen LogP contribution in [-0.4, -0.2) is 25.6 Å². The minimum absolute atomic E-state index is 0.242. The molecule has 0 saturated carbocycles. The molecule has 0 spiro atoms.